The van der Waals surface area contributed by atoms with Crippen LogP contribution in [0.5, 0.6) is 17.2 Å². The molecule has 0 atom stereocenters. The molecule has 1 aliphatic heterocycles. The summed E-state index contributed by atoms with van der Waals surface area (Å²) < 4.78 is 94.6. The van der Waals surface area contributed by atoms with Crippen molar-refractivity contribution in [2.45, 2.75) is 43.5 Å². The molecule has 1 aliphatic rings. The lowest BCUT2D eigenvalue weighted by molar-refractivity contribution is -0.139. The average molecular weight is 766 g/mol. The summed E-state index contributed by atoms with van der Waals surface area (Å²) in [5.74, 6) is 1.80. The van der Waals surface area contributed by atoms with Crippen LogP contribution in [-0.2, 0) is 35.8 Å². The van der Waals surface area contributed by atoms with Crippen molar-refractivity contribution in [1.29, 1.82) is 0 Å². The molecule has 16 heteroatoms. The van der Waals surface area contributed by atoms with Gasteiger partial charge in [0.05, 0.1) is 39.0 Å². The van der Waals surface area contributed by atoms with Crippen LogP contribution in [0.4, 0.5) is 18.9 Å². The summed E-state index contributed by atoms with van der Waals surface area (Å²) in [5.41, 5.74) is 6.47. The summed E-state index contributed by atoms with van der Waals surface area (Å²) in [4.78, 5) is 0.964. The summed E-state index contributed by atoms with van der Waals surface area (Å²) in [6.07, 6.45) is -3.71. The number of piperidine rings is 1. The molecule has 2 N–H and O–H groups in total. The quantitative estimate of drug-likeness (QED) is 0.143. The number of rotatable bonds is 14. The zero-order valence-corrected chi connectivity index (χ0v) is 31.0. The molecule has 5 aromatic rings. The molecule has 0 bridgehead atoms. The van der Waals surface area contributed by atoms with E-state index in [2.05, 4.69) is 15.5 Å². The molecule has 6 rings (SSSR count). The van der Waals surface area contributed by atoms with Crippen molar-refractivity contribution in [2.75, 3.05) is 45.9 Å². The second-order valence-electron chi connectivity index (χ2n) is 13.0. The topological polar surface area (TPSA) is 138 Å². The van der Waals surface area contributed by atoms with E-state index in [1.54, 1.807) is 72.8 Å². The van der Waals surface area contributed by atoms with Crippen LogP contribution in [0.25, 0.3) is 11.4 Å². The van der Waals surface area contributed by atoms with Gasteiger partial charge in [0.25, 0.3) is 0 Å². The smallest absolute Gasteiger partial charge is 0.417 e. The second kappa shape index (κ2) is 16.4. The molecule has 54 heavy (non-hydrogen) atoms. The zero-order valence-electron chi connectivity index (χ0n) is 30.2. The number of anilines is 1. The number of nitrogens with zero attached hydrogens (tertiary/aromatic N) is 6. The molecule has 1 fully saturated rings. The van der Waals surface area contributed by atoms with E-state index in [9.17, 15) is 0 Å². The maximum Gasteiger partial charge on any atom is 0.417 e. The van der Waals surface area contributed by atoms with Gasteiger partial charge in [0.1, 0.15) is 22.1 Å². The number of methoxy groups -OCH3 is 3. The predicted octanol–water partition coefficient (Wildman–Crippen LogP) is 6.00. The Balaban J connectivity index is 1.57. The minimum Gasteiger partial charge on any atom is -0.497 e. The highest BCUT2D eigenvalue weighted by Crippen LogP contribution is 2.46. The van der Waals surface area contributed by atoms with Crippen molar-refractivity contribution in [3.63, 3.8) is 0 Å². The standard InChI is InChI=1S/C38H42F3N7O5S/c1-51-30-10-4-27(5-11-30)23-47(24-28-6-12-31(52-2)13-7-28)54(49,50)36-33(38(39,40)41)16-17-34(46-20-18-26(22-42)19-21-46)35(36)37-43-44-45-48(37)25-29-8-14-32(53-3)15-9-29/h4-17,26H,18-25,42H2,1-3H3. The van der Waals surface area contributed by atoms with E-state index in [1.165, 1.54) is 32.1 Å². The van der Waals surface area contributed by atoms with Crippen LogP contribution in [0.3, 0.4) is 0 Å². The maximum absolute atomic E-state index is 15.3. The highest BCUT2D eigenvalue weighted by molar-refractivity contribution is 7.89. The van der Waals surface area contributed by atoms with E-state index in [1.807, 2.05) is 4.90 Å². The number of alkyl halides is 3. The predicted molar refractivity (Wildman–Crippen MR) is 197 cm³/mol. The molecule has 0 saturated carbocycles. The van der Waals surface area contributed by atoms with Crippen molar-refractivity contribution >= 4 is 15.7 Å². The third-order valence-corrected chi connectivity index (χ3v) is 11.5. The largest absolute Gasteiger partial charge is 0.497 e. The normalized spacial score (nSPS) is 14.0. The number of nitrogens with two attached hydrogens (primary N) is 1. The molecule has 0 aliphatic carbocycles. The van der Waals surface area contributed by atoms with Crippen LogP contribution in [0.15, 0.2) is 89.8 Å². The molecule has 1 saturated heterocycles. The SMILES string of the molecule is COc1ccc(CN(Cc2ccc(OC)cc2)S(=O)(=O)c2c(C(F)(F)F)ccc(N3CCC(CN)CC3)c2-c2nnnn2Cc2ccc(OC)cc2)cc1. The number of tetrazole rings is 1. The molecule has 0 spiro atoms. The Morgan fingerprint density at radius 3 is 1.74 bits per heavy atom. The minimum atomic E-state index is -5.07. The van der Waals surface area contributed by atoms with Gasteiger partial charge < -0.3 is 24.8 Å². The van der Waals surface area contributed by atoms with Crippen LogP contribution >= 0.6 is 0 Å². The first-order chi connectivity index (χ1) is 25.9. The first-order valence-corrected chi connectivity index (χ1v) is 18.7. The van der Waals surface area contributed by atoms with Crippen LogP contribution in [0, 0.1) is 5.92 Å². The first kappa shape index (κ1) is 38.5. The van der Waals surface area contributed by atoms with Gasteiger partial charge in [0.2, 0.25) is 10.0 Å². The van der Waals surface area contributed by atoms with E-state index in [-0.39, 0.29) is 42.6 Å². The Labute approximate surface area is 312 Å². The van der Waals surface area contributed by atoms with Crippen molar-refractivity contribution in [3.8, 4) is 28.6 Å². The Morgan fingerprint density at radius 1 is 0.778 bits per heavy atom. The lowest BCUT2D eigenvalue weighted by Crippen LogP contribution is -2.37. The number of hydrogen-bond donors (Lipinski definition) is 1. The summed E-state index contributed by atoms with van der Waals surface area (Å²) in [6.45, 7) is 0.898. The van der Waals surface area contributed by atoms with Crippen molar-refractivity contribution in [3.05, 3.63) is 107 Å². The van der Waals surface area contributed by atoms with E-state index in [4.69, 9.17) is 19.9 Å². The molecular formula is C38H42F3N7O5S. The minimum absolute atomic E-state index is 0.0398. The third kappa shape index (κ3) is 8.45. The van der Waals surface area contributed by atoms with E-state index in [0.717, 1.165) is 10.4 Å². The first-order valence-electron chi connectivity index (χ1n) is 17.3. The highest BCUT2D eigenvalue weighted by atomic mass is 32.2. The molecular weight excluding hydrogens is 724 g/mol. The molecule has 0 radical (unpaired) electrons. The zero-order chi connectivity index (χ0) is 38.5. The summed E-state index contributed by atoms with van der Waals surface area (Å²) >= 11 is 0. The Bertz CT molecular complexity index is 2070. The Kier molecular flexibility index (Phi) is 11.7. The van der Waals surface area contributed by atoms with Gasteiger partial charge in [-0.3, -0.25) is 0 Å². The van der Waals surface area contributed by atoms with Gasteiger partial charge in [0, 0.05) is 31.9 Å². The number of halogens is 3. The fourth-order valence-corrected chi connectivity index (χ4v) is 8.38. The van der Waals surface area contributed by atoms with Gasteiger partial charge in [-0.2, -0.15) is 17.5 Å². The van der Waals surface area contributed by atoms with Crippen molar-refractivity contribution < 1.29 is 35.8 Å². The highest BCUT2D eigenvalue weighted by Gasteiger charge is 2.44. The van der Waals surface area contributed by atoms with E-state index in [0.29, 0.717) is 66.4 Å². The van der Waals surface area contributed by atoms with Crippen LogP contribution in [0.1, 0.15) is 35.1 Å². The summed E-state index contributed by atoms with van der Waals surface area (Å²) in [5, 5.41) is 12.2. The summed E-state index contributed by atoms with van der Waals surface area (Å²) in [6, 6.07) is 22.6. The maximum atomic E-state index is 15.3. The Hall–Kier alpha value is -5.19. The molecule has 12 nitrogen and oxygen atoms in total. The van der Waals surface area contributed by atoms with E-state index < -0.39 is 26.7 Å². The van der Waals surface area contributed by atoms with Gasteiger partial charge in [0.15, 0.2) is 5.82 Å². The fourth-order valence-electron chi connectivity index (χ4n) is 6.57. The second-order valence-corrected chi connectivity index (χ2v) is 14.9. The molecule has 0 unspecified atom stereocenters. The molecule has 286 valence electrons. The van der Waals surface area contributed by atoms with Crippen LogP contribution < -0.4 is 24.8 Å². The number of sulfonamides is 1. The van der Waals surface area contributed by atoms with Crippen molar-refractivity contribution in [1.82, 2.24) is 24.5 Å². The van der Waals surface area contributed by atoms with Crippen molar-refractivity contribution in [2.24, 2.45) is 11.7 Å². The van der Waals surface area contributed by atoms with Gasteiger partial charge in [-0.25, -0.2) is 13.1 Å². The number of benzene rings is 4. The fraction of sp³-hybridized carbons (Fsp3) is 0.342. The van der Waals surface area contributed by atoms with Gasteiger partial charge >= 0.3 is 6.18 Å². The molecule has 2 heterocycles. The average Bonchev–Trinajstić information content (AvgIpc) is 3.65. The number of aromatic nitrogens is 4. The number of hydrogen-bond acceptors (Lipinski definition) is 10. The van der Waals surface area contributed by atoms with Gasteiger partial charge in [-0.05, 0) is 101 Å². The third-order valence-electron chi connectivity index (χ3n) is 9.61. The van der Waals surface area contributed by atoms with Crippen LogP contribution in [0.2, 0.25) is 0 Å². The number of ether oxygens (including phenoxy) is 3. The van der Waals surface area contributed by atoms with Crippen LogP contribution in [-0.4, -0.2) is 73.9 Å². The summed E-state index contributed by atoms with van der Waals surface area (Å²) in [7, 11) is -0.453. The molecule has 1 aromatic heterocycles. The lowest BCUT2D eigenvalue weighted by Gasteiger charge is -2.35. The monoisotopic (exact) mass is 765 g/mol. The molecule has 0 amide bonds. The lowest BCUT2D eigenvalue weighted by atomic mass is 9.95. The Morgan fingerprint density at radius 2 is 1.28 bits per heavy atom. The molecule has 4 aromatic carbocycles. The van der Waals surface area contributed by atoms with E-state index >= 15 is 21.6 Å². The van der Waals surface area contributed by atoms with Gasteiger partial charge in [-0.15, -0.1) is 5.10 Å². The van der Waals surface area contributed by atoms with Gasteiger partial charge in [-0.1, -0.05) is 36.4 Å².